The first-order valence-electron chi connectivity index (χ1n) is 14.2. The van der Waals surface area contributed by atoms with E-state index in [1.807, 2.05) is 20.8 Å². The van der Waals surface area contributed by atoms with Gasteiger partial charge in [0.1, 0.15) is 0 Å². The monoisotopic (exact) mass is 462 g/mol. The van der Waals surface area contributed by atoms with Gasteiger partial charge < -0.3 is 14.6 Å². The van der Waals surface area contributed by atoms with Crippen LogP contribution < -0.4 is 0 Å². The standard InChI is InChI=1S/C25H42O2.C5H12O/c1-17-7-6-12-23(4)19(17)9-8-18-20(23)10-13-24(5)21(18)11-14-25(24)26-15-22(2,3)16-27-25;1-5(2,3)4-6/h17-21H,6-16H2,1-5H3;6H,4H2,1-3H3. The van der Waals surface area contributed by atoms with E-state index in [9.17, 15) is 0 Å². The fourth-order valence-electron chi connectivity index (χ4n) is 8.93. The third-order valence-electron chi connectivity index (χ3n) is 10.9. The molecule has 33 heavy (non-hydrogen) atoms. The fourth-order valence-corrected chi connectivity index (χ4v) is 8.93. The normalized spacial score (nSPS) is 45.9. The molecule has 4 saturated carbocycles. The average molecular weight is 463 g/mol. The number of ether oxygens (including phenoxy) is 2. The molecule has 0 aromatic rings. The first-order chi connectivity index (χ1) is 15.3. The van der Waals surface area contributed by atoms with Crippen molar-refractivity contribution in [2.45, 2.75) is 119 Å². The maximum Gasteiger partial charge on any atom is 0.173 e. The minimum Gasteiger partial charge on any atom is -0.396 e. The molecule has 0 aromatic carbocycles. The Morgan fingerprint density at radius 2 is 1.39 bits per heavy atom. The number of aliphatic hydroxyl groups excluding tert-OH is 1. The maximum atomic E-state index is 8.40. The van der Waals surface area contributed by atoms with Crippen LogP contribution in [0.2, 0.25) is 0 Å². The van der Waals surface area contributed by atoms with Crippen molar-refractivity contribution in [2.24, 2.45) is 51.2 Å². The van der Waals surface area contributed by atoms with Gasteiger partial charge in [-0.05, 0) is 78.9 Å². The van der Waals surface area contributed by atoms with E-state index in [4.69, 9.17) is 14.6 Å². The van der Waals surface area contributed by atoms with Crippen LogP contribution in [-0.4, -0.2) is 30.7 Å². The van der Waals surface area contributed by atoms with Gasteiger partial charge in [-0.25, -0.2) is 0 Å². The molecule has 4 aliphatic carbocycles. The molecule has 7 unspecified atom stereocenters. The molecule has 1 N–H and O–H groups in total. The summed E-state index contributed by atoms with van der Waals surface area (Å²) in [6.07, 6.45) is 12.6. The molecule has 192 valence electrons. The maximum absolute atomic E-state index is 8.40. The van der Waals surface area contributed by atoms with Gasteiger partial charge in [-0.1, -0.05) is 68.2 Å². The van der Waals surface area contributed by atoms with Gasteiger partial charge in [-0.2, -0.15) is 0 Å². The topological polar surface area (TPSA) is 38.7 Å². The Morgan fingerprint density at radius 3 is 2.00 bits per heavy atom. The molecule has 7 atom stereocenters. The minimum atomic E-state index is -0.282. The van der Waals surface area contributed by atoms with E-state index in [2.05, 4.69) is 34.6 Å². The SMILES string of the molecule is CC(C)(C)CO.CC1CCCC2(C)C1CCC1C2CCC2(C)C1CCC21OCC(C)(C)CO1. The van der Waals surface area contributed by atoms with Crippen molar-refractivity contribution in [3.8, 4) is 0 Å². The van der Waals surface area contributed by atoms with E-state index >= 15 is 0 Å². The van der Waals surface area contributed by atoms with E-state index in [1.54, 1.807) is 0 Å². The summed E-state index contributed by atoms with van der Waals surface area (Å²) >= 11 is 0. The molecular formula is C30H54O3. The molecular weight excluding hydrogens is 408 g/mol. The molecule has 5 rings (SSSR count). The second-order valence-corrected chi connectivity index (χ2v) is 15.1. The van der Waals surface area contributed by atoms with Crippen LogP contribution in [0.25, 0.3) is 0 Å². The van der Waals surface area contributed by atoms with Crippen molar-refractivity contribution in [2.75, 3.05) is 19.8 Å². The molecule has 0 bridgehead atoms. The molecule has 5 aliphatic rings. The van der Waals surface area contributed by atoms with Crippen molar-refractivity contribution in [1.82, 2.24) is 0 Å². The lowest BCUT2D eigenvalue weighted by Crippen LogP contribution is -2.60. The first kappa shape index (κ1) is 26.0. The van der Waals surface area contributed by atoms with E-state index in [-0.39, 0.29) is 28.6 Å². The second-order valence-electron chi connectivity index (χ2n) is 15.1. The molecule has 1 heterocycles. The Bertz CT molecular complexity index is 683. The van der Waals surface area contributed by atoms with E-state index in [0.717, 1.165) is 49.2 Å². The zero-order valence-corrected chi connectivity index (χ0v) is 23.1. The molecule has 5 fully saturated rings. The van der Waals surface area contributed by atoms with E-state index in [1.165, 1.54) is 51.4 Å². The Kier molecular flexibility index (Phi) is 6.90. The number of aliphatic hydroxyl groups is 1. The summed E-state index contributed by atoms with van der Waals surface area (Å²) < 4.78 is 13.2. The lowest BCUT2D eigenvalue weighted by molar-refractivity contribution is -0.348. The Balaban J connectivity index is 0.000000385. The van der Waals surface area contributed by atoms with Crippen LogP contribution in [0.4, 0.5) is 0 Å². The molecule has 1 spiro atoms. The smallest absolute Gasteiger partial charge is 0.173 e. The average Bonchev–Trinajstić information content (AvgIpc) is 3.03. The highest BCUT2D eigenvalue weighted by atomic mass is 16.7. The number of hydrogen-bond donors (Lipinski definition) is 1. The van der Waals surface area contributed by atoms with Gasteiger partial charge in [0.25, 0.3) is 0 Å². The molecule has 3 nitrogen and oxygen atoms in total. The number of hydrogen-bond acceptors (Lipinski definition) is 3. The predicted octanol–water partition coefficient (Wildman–Crippen LogP) is 7.46. The van der Waals surface area contributed by atoms with Crippen LogP contribution in [0.1, 0.15) is 113 Å². The quantitative estimate of drug-likeness (QED) is 0.406. The fraction of sp³-hybridized carbons (Fsp3) is 1.00. The van der Waals surface area contributed by atoms with Gasteiger partial charge >= 0.3 is 0 Å². The molecule has 0 aromatic heterocycles. The minimum absolute atomic E-state index is 0.0972. The van der Waals surface area contributed by atoms with E-state index in [0.29, 0.717) is 5.41 Å². The van der Waals surface area contributed by atoms with Crippen molar-refractivity contribution >= 4 is 0 Å². The summed E-state index contributed by atoms with van der Waals surface area (Å²) in [6, 6.07) is 0. The van der Waals surface area contributed by atoms with Gasteiger partial charge in [-0.3, -0.25) is 0 Å². The third-order valence-corrected chi connectivity index (χ3v) is 10.9. The lowest BCUT2D eigenvalue weighted by Gasteiger charge is -2.63. The van der Waals surface area contributed by atoms with Crippen LogP contribution >= 0.6 is 0 Å². The van der Waals surface area contributed by atoms with E-state index < -0.39 is 0 Å². The largest absolute Gasteiger partial charge is 0.396 e. The Labute approximate surface area is 204 Å². The summed E-state index contributed by atoms with van der Waals surface area (Å²) in [5.74, 6) is 4.32. The lowest BCUT2D eigenvalue weighted by atomic mass is 9.44. The van der Waals surface area contributed by atoms with Gasteiger partial charge in [0.2, 0.25) is 0 Å². The van der Waals surface area contributed by atoms with Gasteiger partial charge in [0, 0.05) is 23.9 Å². The van der Waals surface area contributed by atoms with Crippen LogP contribution in [0, 0.1) is 51.2 Å². The predicted molar refractivity (Wildman–Crippen MR) is 136 cm³/mol. The zero-order chi connectivity index (χ0) is 24.3. The summed E-state index contributed by atoms with van der Waals surface area (Å²) in [5.41, 5.74) is 1.10. The highest BCUT2D eigenvalue weighted by Crippen LogP contribution is 2.70. The zero-order valence-electron chi connectivity index (χ0n) is 23.1. The number of rotatable bonds is 0. The highest BCUT2D eigenvalue weighted by molar-refractivity contribution is 5.13. The van der Waals surface area contributed by atoms with Gasteiger partial charge in [0.15, 0.2) is 5.79 Å². The molecule has 3 heteroatoms. The van der Waals surface area contributed by atoms with Crippen LogP contribution in [-0.2, 0) is 9.47 Å². The van der Waals surface area contributed by atoms with Crippen LogP contribution in [0.15, 0.2) is 0 Å². The Hall–Kier alpha value is -0.120. The number of fused-ring (bicyclic) bond motifs is 6. The van der Waals surface area contributed by atoms with Crippen molar-refractivity contribution in [1.29, 1.82) is 0 Å². The highest BCUT2D eigenvalue weighted by Gasteiger charge is 2.67. The van der Waals surface area contributed by atoms with Crippen LogP contribution in [0.5, 0.6) is 0 Å². The van der Waals surface area contributed by atoms with Crippen LogP contribution in [0.3, 0.4) is 0 Å². The third kappa shape index (κ3) is 4.46. The van der Waals surface area contributed by atoms with Gasteiger partial charge in [-0.15, -0.1) is 0 Å². The van der Waals surface area contributed by atoms with Crippen molar-refractivity contribution < 1.29 is 14.6 Å². The molecule has 0 radical (unpaired) electrons. The summed E-state index contributed by atoms with van der Waals surface area (Å²) in [7, 11) is 0. The molecule has 1 saturated heterocycles. The van der Waals surface area contributed by atoms with Crippen molar-refractivity contribution in [3.05, 3.63) is 0 Å². The Morgan fingerprint density at radius 1 is 0.788 bits per heavy atom. The molecule has 1 aliphatic heterocycles. The summed E-state index contributed by atoms with van der Waals surface area (Å²) in [6.45, 7) is 20.3. The first-order valence-corrected chi connectivity index (χ1v) is 14.2. The second kappa shape index (κ2) is 8.77. The molecule has 0 amide bonds. The van der Waals surface area contributed by atoms with Crippen molar-refractivity contribution in [3.63, 3.8) is 0 Å². The summed E-state index contributed by atoms with van der Waals surface area (Å²) in [5, 5.41) is 8.40. The van der Waals surface area contributed by atoms with Gasteiger partial charge in [0.05, 0.1) is 13.2 Å². The summed E-state index contributed by atoms with van der Waals surface area (Å²) in [4.78, 5) is 0.